The van der Waals surface area contributed by atoms with E-state index in [1.807, 2.05) is 38.1 Å². The predicted octanol–water partition coefficient (Wildman–Crippen LogP) is 3.35. The predicted molar refractivity (Wildman–Crippen MR) is 48.1 cm³/mol. The fraction of sp³-hybridized carbons (Fsp3) is 0.200. The molecule has 0 aromatic carbocycles. The Balaban J connectivity index is 2.90. The van der Waals surface area contributed by atoms with E-state index < -0.39 is 0 Å². The second-order valence-corrected chi connectivity index (χ2v) is 2.48. The van der Waals surface area contributed by atoms with E-state index >= 15 is 0 Å². The topological polar surface area (TPSA) is 13.1 Å². The van der Waals surface area contributed by atoms with Gasteiger partial charge < -0.3 is 4.42 Å². The van der Waals surface area contributed by atoms with Crippen molar-refractivity contribution >= 4 is 11.6 Å². The molecule has 0 bridgehead atoms. The van der Waals surface area contributed by atoms with Crippen LogP contribution in [0.15, 0.2) is 29.2 Å². The van der Waals surface area contributed by atoms with Gasteiger partial charge in [0.15, 0.2) is 0 Å². The molecule has 1 aromatic heterocycles. The van der Waals surface area contributed by atoms with Gasteiger partial charge in [0, 0.05) is 0 Å². The summed E-state index contributed by atoms with van der Waals surface area (Å²) in [5, 5.41) is 0. The summed E-state index contributed by atoms with van der Waals surface area (Å²) in [5.41, 5.74) is 0.959. The highest BCUT2D eigenvalue weighted by atomic mass is 16.3. The van der Waals surface area contributed by atoms with Crippen LogP contribution in [0.5, 0.6) is 0 Å². The second-order valence-electron chi connectivity index (χ2n) is 2.48. The second kappa shape index (κ2) is 3.24. The van der Waals surface area contributed by atoms with Gasteiger partial charge in [0.25, 0.3) is 0 Å². The first-order valence-electron chi connectivity index (χ1n) is 3.62. The van der Waals surface area contributed by atoms with Crippen LogP contribution < -0.4 is 0 Å². The Bertz CT molecular complexity index is 279. The fourth-order valence-corrected chi connectivity index (χ4v) is 0.836. The molecule has 0 aliphatic carbocycles. The van der Waals surface area contributed by atoms with Crippen LogP contribution in [0.1, 0.15) is 25.4 Å². The van der Waals surface area contributed by atoms with Crippen molar-refractivity contribution in [3.63, 3.8) is 0 Å². The third-order valence-corrected chi connectivity index (χ3v) is 1.38. The molecular weight excluding hydrogens is 136 g/mol. The highest BCUT2D eigenvalue weighted by Crippen LogP contribution is 2.15. The molecule has 0 spiro atoms. The van der Waals surface area contributed by atoms with Gasteiger partial charge in [0.1, 0.15) is 11.5 Å². The van der Waals surface area contributed by atoms with Gasteiger partial charge in [0.05, 0.1) is 0 Å². The van der Waals surface area contributed by atoms with Crippen LogP contribution in [0, 0.1) is 0 Å². The average Bonchev–Trinajstić information content (AvgIpc) is 2.37. The van der Waals surface area contributed by atoms with E-state index in [1.165, 1.54) is 0 Å². The molecular formula is C10H12O. The Morgan fingerprint density at radius 3 is 2.73 bits per heavy atom. The molecule has 0 N–H and O–H groups in total. The van der Waals surface area contributed by atoms with E-state index in [4.69, 9.17) is 4.42 Å². The maximum absolute atomic E-state index is 5.40. The summed E-state index contributed by atoms with van der Waals surface area (Å²) >= 11 is 0. The summed E-state index contributed by atoms with van der Waals surface area (Å²) in [6, 6.07) is 3.86. The van der Waals surface area contributed by atoms with Crippen molar-refractivity contribution in [2.24, 2.45) is 0 Å². The van der Waals surface area contributed by atoms with Crippen molar-refractivity contribution in [1.29, 1.82) is 0 Å². The van der Waals surface area contributed by atoms with Crippen LogP contribution in [0.25, 0.3) is 11.6 Å². The van der Waals surface area contributed by atoms with Gasteiger partial charge in [-0.05, 0) is 37.6 Å². The Morgan fingerprint density at radius 2 is 2.27 bits per heavy atom. The lowest BCUT2D eigenvalue weighted by molar-refractivity contribution is 0.543. The zero-order valence-corrected chi connectivity index (χ0v) is 6.92. The van der Waals surface area contributed by atoms with Crippen LogP contribution in [-0.4, -0.2) is 0 Å². The minimum Gasteiger partial charge on any atom is -0.457 e. The molecule has 0 amide bonds. The fourth-order valence-electron chi connectivity index (χ4n) is 0.836. The Morgan fingerprint density at radius 1 is 1.55 bits per heavy atom. The number of hydrogen-bond donors (Lipinski definition) is 0. The minimum atomic E-state index is 0.859. The first-order valence-corrected chi connectivity index (χ1v) is 3.62. The summed E-state index contributed by atoms with van der Waals surface area (Å²) in [5.74, 6) is 1.74. The molecule has 11 heavy (non-hydrogen) atoms. The lowest BCUT2D eigenvalue weighted by Crippen LogP contribution is -1.67. The smallest absolute Gasteiger partial charge is 0.129 e. The van der Waals surface area contributed by atoms with Crippen molar-refractivity contribution in [2.45, 2.75) is 13.8 Å². The molecule has 0 radical (unpaired) electrons. The third kappa shape index (κ3) is 1.84. The summed E-state index contributed by atoms with van der Waals surface area (Å²) in [6.45, 7) is 7.67. The molecule has 1 nitrogen and oxygen atoms in total. The monoisotopic (exact) mass is 148 g/mol. The van der Waals surface area contributed by atoms with Crippen LogP contribution in [-0.2, 0) is 0 Å². The molecule has 1 rings (SSSR count). The number of furan rings is 1. The standard InChI is InChI=1S/C10H12O/c1-4-5-9-6-7-10(11-9)8(2)3/h4-7H,2H2,1,3H3/b5-4+. The van der Waals surface area contributed by atoms with E-state index in [1.54, 1.807) is 0 Å². The Hall–Kier alpha value is -1.24. The molecule has 58 valence electrons. The van der Waals surface area contributed by atoms with Crippen molar-refractivity contribution < 1.29 is 4.42 Å². The van der Waals surface area contributed by atoms with Crippen LogP contribution in [0.3, 0.4) is 0 Å². The highest BCUT2D eigenvalue weighted by Gasteiger charge is 1.97. The molecule has 0 atom stereocenters. The van der Waals surface area contributed by atoms with Gasteiger partial charge in [-0.15, -0.1) is 0 Å². The van der Waals surface area contributed by atoms with Crippen molar-refractivity contribution in [2.75, 3.05) is 0 Å². The first-order chi connectivity index (χ1) is 5.24. The Labute approximate surface area is 67.0 Å². The highest BCUT2D eigenvalue weighted by molar-refractivity contribution is 5.58. The zero-order chi connectivity index (χ0) is 8.27. The average molecular weight is 148 g/mol. The van der Waals surface area contributed by atoms with Crippen LogP contribution in [0.2, 0.25) is 0 Å². The van der Waals surface area contributed by atoms with E-state index in [0.29, 0.717) is 0 Å². The van der Waals surface area contributed by atoms with Gasteiger partial charge >= 0.3 is 0 Å². The van der Waals surface area contributed by atoms with Crippen molar-refractivity contribution in [3.05, 3.63) is 36.3 Å². The first kappa shape index (κ1) is 7.86. The maximum atomic E-state index is 5.40. The summed E-state index contributed by atoms with van der Waals surface area (Å²) in [6.07, 6.45) is 3.87. The van der Waals surface area contributed by atoms with E-state index in [9.17, 15) is 0 Å². The van der Waals surface area contributed by atoms with Crippen LogP contribution >= 0.6 is 0 Å². The molecule has 0 unspecified atom stereocenters. The van der Waals surface area contributed by atoms with E-state index in [0.717, 1.165) is 17.1 Å². The zero-order valence-electron chi connectivity index (χ0n) is 6.92. The molecule has 0 saturated carbocycles. The Kier molecular flexibility index (Phi) is 2.32. The largest absolute Gasteiger partial charge is 0.457 e. The number of allylic oxidation sites excluding steroid dienone is 2. The number of rotatable bonds is 2. The molecule has 1 aromatic rings. The third-order valence-electron chi connectivity index (χ3n) is 1.38. The lowest BCUT2D eigenvalue weighted by atomic mass is 10.3. The van der Waals surface area contributed by atoms with Crippen molar-refractivity contribution in [1.82, 2.24) is 0 Å². The van der Waals surface area contributed by atoms with Gasteiger partial charge in [-0.25, -0.2) is 0 Å². The quantitative estimate of drug-likeness (QED) is 0.626. The summed E-state index contributed by atoms with van der Waals surface area (Å²) in [7, 11) is 0. The maximum Gasteiger partial charge on any atom is 0.129 e. The molecule has 0 aliphatic heterocycles. The molecule has 1 heteroatoms. The van der Waals surface area contributed by atoms with Crippen molar-refractivity contribution in [3.8, 4) is 0 Å². The molecule has 0 fully saturated rings. The molecule has 0 saturated heterocycles. The van der Waals surface area contributed by atoms with Crippen LogP contribution in [0.4, 0.5) is 0 Å². The summed E-state index contributed by atoms with van der Waals surface area (Å²) < 4.78 is 5.40. The molecule has 0 aliphatic rings. The lowest BCUT2D eigenvalue weighted by Gasteiger charge is -1.89. The number of hydrogen-bond acceptors (Lipinski definition) is 1. The molecule has 1 heterocycles. The van der Waals surface area contributed by atoms with E-state index in [2.05, 4.69) is 6.58 Å². The van der Waals surface area contributed by atoms with Gasteiger partial charge in [-0.2, -0.15) is 0 Å². The SMILES string of the molecule is C=C(C)c1ccc(/C=C/C)o1. The minimum absolute atomic E-state index is 0.859. The normalized spacial score (nSPS) is 10.7. The van der Waals surface area contributed by atoms with Gasteiger partial charge in [-0.3, -0.25) is 0 Å². The van der Waals surface area contributed by atoms with Gasteiger partial charge in [-0.1, -0.05) is 12.7 Å². The summed E-state index contributed by atoms with van der Waals surface area (Å²) in [4.78, 5) is 0. The van der Waals surface area contributed by atoms with E-state index in [-0.39, 0.29) is 0 Å². The van der Waals surface area contributed by atoms with Gasteiger partial charge in [0.2, 0.25) is 0 Å².